The number of allylic oxidation sites excluding steroid dienone is 2. The van der Waals surface area contributed by atoms with Gasteiger partial charge in [-0.05, 0) is 44.7 Å². The van der Waals surface area contributed by atoms with Crippen molar-refractivity contribution in [2.75, 3.05) is 18.0 Å². The summed E-state index contributed by atoms with van der Waals surface area (Å²) in [5.74, 6) is 0.702. The Morgan fingerprint density at radius 2 is 2.00 bits per heavy atom. The minimum atomic E-state index is -0.353. The SMILES string of the molecule is CC(C)=CCn1c(N2CCCC(N)C2)nc2c1c(=O)n(CCc1ccccc1Br)c(=O)n2C. The zero-order valence-corrected chi connectivity index (χ0v) is 21.0. The number of aryl methyl sites for hydroxylation is 2. The molecule has 0 aliphatic carbocycles. The van der Waals surface area contributed by atoms with Gasteiger partial charge < -0.3 is 15.2 Å². The van der Waals surface area contributed by atoms with Crippen molar-refractivity contribution in [3.05, 3.63) is 66.8 Å². The maximum absolute atomic E-state index is 13.6. The molecule has 2 aromatic heterocycles. The number of nitrogens with two attached hydrogens (primary N) is 1. The van der Waals surface area contributed by atoms with Crippen LogP contribution in [0.5, 0.6) is 0 Å². The topological polar surface area (TPSA) is 91.1 Å². The first-order valence-corrected chi connectivity index (χ1v) is 12.1. The lowest BCUT2D eigenvalue weighted by atomic mass is 10.1. The lowest BCUT2D eigenvalue weighted by Gasteiger charge is -2.31. The molecule has 0 spiro atoms. The van der Waals surface area contributed by atoms with Gasteiger partial charge in [-0.15, -0.1) is 0 Å². The van der Waals surface area contributed by atoms with E-state index in [1.54, 1.807) is 7.05 Å². The Morgan fingerprint density at radius 3 is 2.70 bits per heavy atom. The summed E-state index contributed by atoms with van der Waals surface area (Å²) in [6, 6.07) is 7.92. The highest BCUT2D eigenvalue weighted by molar-refractivity contribution is 9.10. The molecule has 1 aliphatic rings. The minimum Gasteiger partial charge on any atom is -0.341 e. The second-order valence-corrected chi connectivity index (χ2v) is 9.82. The molecule has 9 heteroatoms. The largest absolute Gasteiger partial charge is 0.341 e. The summed E-state index contributed by atoms with van der Waals surface area (Å²) in [7, 11) is 1.68. The number of hydrogen-bond donors (Lipinski definition) is 1. The number of benzene rings is 1. The lowest BCUT2D eigenvalue weighted by molar-refractivity contribution is 0.495. The third-order valence-electron chi connectivity index (χ3n) is 6.20. The molecule has 1 saturated heterocycles. The number of piperidine rings is 1. The molecular formula is C24H31BrN6O2. The number of imidazole rings is 1. The van der Waals surface area contributed by atoms with E-state index in [-0.39, 0.29) is 17.3 Å². The molecule has 1 aromatic carbocycles. The number of fused-ring (bicyclic) bond motifs is 1. The number of halogens is 1. The Kier molecular flexibility index (Phi) is 6.90. The summed E-state index contributed by atoms with van der Waals surface area (Å²) >= 11 is 3.55. The second-order valence-electron chi connectivity index (χ2n) is 8.96. The second kappa shape index (κ2) is 9.69. The Hall–Kier alpha value is -2.65. The van der Waals surface area contributed by atoms with E-state index in [0.717, 1.165) is 35.0 Å². The maximum Gasteiger partial charge on any atom is 0.332 e. The normalized spacial score (nSPS) is 16.4. The van der Waals surface area contributed by atoms with Crippen LogP contribution in [0.2, 0.25) is 0 Å². The Morgan fingerprint density at radius 1 is 1.24 bits per heavy atom. The van der Waals surface area contributed by atoms with Gasteiger partial charge in [-0.25, -0.2) is 4.79 Å². The van der Waals surface area contributed by atoms with E-state index in [0.29, 0.717) is 43.2 Å². The van der Waals surface area contributed by atoms with Crippen LogP contribution in [0, 0.1) is 0 Å². The highest BCUT2D eigenvalue weighted by atomic mass is 79.9. The zero-order valence-electron chi connectivity index (χ0n) is 19.4. The quantitative estimate of drug-likeness (QED) is 0.510. The molecule has 4 rings (SSSR count). The smallest absolute Gasteiger partial charge is 0.332 e. The van der Waals surface area contributed by atoms with Gasteiger partial charge >= 0.3 is 5.69 Å². The van der Waals surface area contributed by atoms with Gasteiger partial charge in [-0.3, -0.25) is 13.9 Å². The van der Waals surface area contributed by atoms with E-state index in [4.69, 9.17) is 10.7 Å². The average Bonchev–Trinajstić information content (AvgIpc) is 3.17. The van der Waals surface area contributed by atoms with Crippen molar-refractivity contribution in [3.8, 4) is 0 Å². The van der Waals surface area contributed by atoms with Crippen LogP contribution in [0.25, 0.3) is 11.2 Å². The number of nitrogens with zero attached hydrogens (tertiary/aromatic N) is 5. The fraction of sp³-hybridized carbons (Fsp3) is 0.458. The molecule has 8 nitrogen and oxygen atoms in total. The predicted octanol–water partition coefficient (Wildman–Crippen LogP) is 2.80. The van der Waals surface area contributed by atoms with Crippen molar-refractivity contribution < 1.29 is 0 Å². The van der Waals surface area contributed by atoms with Crippen molar-refractivity contribution in [1.82, 2.24) is 18.7 Å². The molecule has 33 heavy (non-hydrogen) atoms. The fourth-order valence-electron chi connectivity index (χ4n) is 4.37. The van der Waals surface area contributed by atoms with Crippen molar-refractivity contribution in [1.29, 1.82) is 0 Å². The molecule has 1 fully saturated rings. The number of rotatable bonds is 6. The third kappa shape index (κ3) is 4.70. The van der Waals surface area contributed by atoms with Crippen LogP contribution in [0.4, 0.5) is 5.95 Å². The minimum absolute atomic E-state index is 0.0697. The maximum atomic E-state index is 13.6. The number of hydrogen-bond acceptors (Lipinski definition) is 5. The third-order valence-corrected chi connectivity index (χ3v) is 6.97. The Labute approximate surface area is 201 Å². The summed E-state index contributed by atoms with van der Waals surface area (Å²) in [5, 5.41) is 0. The molecule has 0 saturated carbocycles. The molecular weight excluding hydrogens is 484 g/mol. The highest BCUT2D eigenvalue weighted by Gasteiger charge is 2.26. The zero-order chi connectivity index (χ0) is 23.7. The van der Waals surface area contributed by atoms with Crippen molar-refractivity contribution in [2.45, 2.75) is 52.2 Å². The van der Waals surface area contributed by atoms with Crippen LogP contribution in [-0.2, 0) is 26.6 Å². The first-order chi connectivity index (χ1) is 15.8. The van der Waals surface area contributed by atoms with Gasteiger partial charge in [0, 0.05) is 43.7 Å². The molecule has 3 heterocycles. The van der Waals surface area contributed by atoms with Crippen LogP contribution >= 0.6 is 15.9 Å². The summed E-state index contributed by atoms with van der Waals surface area (Å²) < 4.78 is 5.72. The van der Waals surface area contributed by atoms with Gasteiger partial charge in [0.1, 0.15) is 0 Å². The Balaban J connectivity index is 1.85. The summed E-state index contributed by atoms with van der Waals surface area (Å²) in [6.45, 7) is 6.38. The number of aromatic nitrogens is 4. The first kappa shape index (κ1) is 23.5. The number of anilines is 1. The van der Waals surface area contributed by atoms with Gasteiger partial charge in [0.15, 0.2) is 11.2 Å². The van der Waals surface area contributed by atoms with Gasteiger partial charge in [-0.1, -0.05) is 45.8 Å². The van der Waals surface area contributed by atoms with E-state index in [9.17, 15) is 9.59 Å². The molecule has 1 atom stereocenters. The van der Waals surface area contributed by atoms with Gasteiger partial charge in [0.05, 0.1) is 0 Å². The van der Waals surface area contributed by atoms with Crippen LogP contribution in [0.3, 0.4) is 0 Å². The van der Waals surface area contributed by atoms with Crippen molar-refractivity contribution in [2.24, 2.45) is 12.8 Å². The van der Waals surface area contributed by atoms with Crippen LogP contribution in [-0.4, -0.2) is 37.8 Å². The molecule has 176 valence electrons. The summed E-state index contributed by atoms with van der Waals surface area (Å²) in [4.78, 5) is 33.7. The van der Waals surface area contributed by atoms with Crippen LogP contribution in [0.15, 0.2) is 50.0 Å². The molecule has 1 unspecified atom stereocenters. The monoisotopic (exact) mass is 514 g/mol. The van der Waals surface area contributed by atoms with E-state index < -0.39 is 0 Å². The Bertz CT molecular complexity index is 1310. The van der Waals surface area contributed by atoms with E-state index in [1.165, 1.54) is 9.13 Å². The van der Waals surface area contributed by atoms with Gasteiger partial charge in [-0.2, -0.15) is 4.98 Å². The van der Waals surface area contributed by atoms with Gasteiger partial charge in [0.2, 0.25) is 5.95 Å². The van der Waals surface area contributed by atoms with Crippen molar-refractivity contribution in [3.63, 3.8) is 0 Å². The van der Waals surface area contributed by atoms with E-state index in [1.807, 2.05) is 42.7 Å². The van der Waals surface area contributed by atoms with E-state index in [2.05, 4.69) is 26.9 Å². The summed E-state index contributed by atoms with van der Waals surface area (Å²) in [6.07, 6.45) is 4.59. The predicted molar refractivity (Wildman–Crippen MR) is 136 cm³/mol. The van der Waals surface area contributed by atoms with Gasteiger partial charge in [0.25, 0.3) is 5.56 Å². The van der Waals surface area contributed by atoms with Crippen LogP contribution in [0.1, 0.15) is 32.3 Å². The standard InChI is InChI=1S/C24H31BrN6O2/c1-16(2)10-13-30-20-21(27-23(30)29-12-6-8-18(26)15-29)28(3)24(33)31(22(20)32)14-11-17-7-4-5-9-19(17)25/h4-5,7,9-10,18H,6,8,11-15,26H2,1-3H3. The van der Waals surface area contributed by atoms with Crippen LogP contribution < -0.4 is 21.9 Å². The van der Waals surface area contributed by atoms with Crippen molar-refractivity contribution >= 4 is 33.0 Å². The molecule has 0 radical (unpaired) electrons. The average molecular weight is 515 g/mol. The first-order valence-electron chi connectivity index (χ1n) is 11.3. The molecule has 0 bridgehead atoms. The molecule has 0 amide bonds. The molecule has 1 aliphatic heterocycles. The summed E-state index contributed by atoms with van der Waals surface area (Å²) in [5.41, 5.74) is 8.64. The lowest BCUT2D eigenvalue weighted by Crippen LogP contribution is -2.44. The van der Waals surface area contributed by atoms with E-state index >= 15 is 0 Å². The highest BCUT2D eigenvalue weighted by Crippen LogP contribution is 2.23. The molecule has 2 N–H and O–H groups in total. The molecule has 3 aromatic rings. The fourth-order valence-corrected chi connectivity index (χ4v) is 4.85.